The Labute approximate surface area is 184 Å². The molecule has 2 aliphatic heterocycles. The van der Waals surface area contributed by atoms with E-state index in [0.717, 1.165) is 0 Å². The SMILES string of the molecule is O=C1CC2(CCN(C(=O)CNS(=O)(=O)c3c(Cl)cccc3Cl)C2)Oc2ccccc21. The topological polar surface area (TPSA) is 92.8 Å². The van der Waals surface area contributed by atoms with Crippen LogP contribution in [0.3, 0.4) is 0 Å². The third-order valence-electron chi connectivity index (χ3n) is 5.27. The summed E-state index contributed by atoms with van der Waals surface area (Å²) in [5.41, 5.74) is -0.247. The predicted octanol–water partition coefficient (Wildman–Crippen LogP) is 2.91. The van der Waals surface area contributed by atoms with E-state index in [0.29, 0.717) is 24.3 Å². The van der Waals surface area contributed by atoms with Crippen LogP contribution < -0.4 is 9.46 Å². The number of likely N-dealkylation sites (tertiary alicyclic amines) is 1. The van der Waals surface area contributed by atoms with E-state index >= 15 is 0 Å². The molecule has 2 heterocycles. The van der Waals surface area contributed by atoms with Gasteiger partial charge in [0.1, 0.15) is 16.2 Å². The lowest BCUT2D eigenvalue weighted by molar-refractivity contribution is -0.129. The van der Waals surface area contributed by atoms with Gasteiger partial charge in [-0.1, -0.05) is 41.4 Å². The van der Waals surface area contributed by atoms with Crippen LogP contribution in [0.4, 0.5) is 0 Å². The number of fused-ring (bicyclic) bond motifs is 1. The molecule has 0 saturated carbocycles. The molecule has 2 aromatic carbocycles. The molecule has 1 saturated heterocycles. The van der Waals surface area contributed by atoms with Gasteiger partial charge in [0.15, 0.2) is 5.78 Å². The number of nitrogens with one attached hydrogen (secondary N) is 1. The summed E-state index contributed by atoms with van der Waals surface area (Å²) in [6.45, 7) is 0.119. The van der Waals surface area contributed by atoms with Gasteiger partial charge in [0.2, 0.25) is 15.9 Å². The molecule has 1 spiro atoms. The number of Topliss-reactive ketones (excluding diaryl/α,β-unsaturated/α-hetero) is 1. The molecule has 0 bridgehead atoms. The van der Waals surface area contributed by atoms with Crippen LogP contribution in [-0.4, -0.2) is 50.2 Å². The van der Waals surface area contributed by atoms with Crippen LogP contribution in [0.25, 0.3) is 0 Å². The van der Waals surface area contributed by atoms with Crippen LogP contribution in [0.2, 0.25) is 10.0 Å². The van der Waals surface area contributed by atoms with Crippen LogP contribution in [0, 0.1) is 0 Å². The van der Waals surface area contributed by atoms with E-state index in [1.807, 2.05) is 0 Å². The van der Waals surface area contributed by atoms with Gasteiger partial charge in [-0.25, -0.2) is 13.1 Å². The van der Waals surface area contributed by atoms with Gasteiger partial charge in [-0.05, 0) is 24.3 Å². The molecule has 1 N–H and O–H groups in total. The highest BCUT2D eigenvalue weighted by atomic mass is 35.5. The van der Waals surface area contributed by atoms with Crippen molar-refractivity contribution in [1.29, 1.82) is 0 Å². The predicted molar refractivity (Wildman–Crippen MR) is 112 cm³/mol. The summed E-state index contributed by atoms with van der Waals surface area (Å²) in [7, 11) is -4.08. The van der Waals surface area contributed by atoms with Crippen molar-refractivity contribution < 1.29 is 22.7 Å². The Morgan fingerprint density at radius 2 is 1.83 bits per heavy atom. The molecule has 7 nitrogen and oxygen atoms in total. The number of hydrogen-bond acceptors (Lipinski definition) is 5. The Morgan fingerprint density at radius 3 is 2.57 bits per heavy atom. The first kappa shape index (κ1) is 21.1. The summed E-state index contributed by atoms with van der Waals surface area (Å²) in [6.07, 6.45) is 0.663. The van der Waals surface area contributed by atoms with Crippen molar-refractivity contribution in [3.05, 3.63) is 58.1 Å². The van der Waals surface area contributed by atoms with Crippen molar-refractivity contribution in [2.24, 2.45) is 0 Å². The quantitative estimate of drug-likeness (QED) is 0.744. The average molecular weight is 469 g/mol. The van der Waals surface area contributed by atoms with Gasteiger partial charge in [0.25, 0.3) is 0 Å². The highest BCUT2D eigenvalue weighted by molar-refractivity contribution is 7.89. The largest absolute Gasteiger partial charge is 0.484 e. The Balaban J connectivity index is 1.43. The number of carbonyl (C=O) groups excluding carboxylic acids is 2. The molecular formula is C20H18Cl2N2O5S. The summed E-state index contributed by atoms with van der Waals surface area (Å²) in [5, 5.41) is -0.0642. The van der Waals surface area contributed by atoms with Crippen molar-refractivity contribution in [1.82, 2.24) is 9.62 Å². The van der Waals surface area contributed by atoms with Crippen LogP contribution >= 0.6 is 23.2 Å². The van der Waals surface area contributed by atoms with Crippen molar-refractivity contribution >= 4 is 44.9 Å². The van der Waals surface area contributed by atoms with Gasteiger partial charge in [0, 0.05) is 13.0 Å². The summed E-state index contributed by atoms with van der Waals surface area (Å²) < 4.78 is 33.4. The number of para-hydroxylation sites is 1. The molecule has 10 heteroatoms. The monoisotopic (exact) mass is 468 g/mol. The second kappa shape index (κ2) is 7.85. The number of sulfonamides is 1. The maximum atomic E-state index is 12.6. The number of ketones is 1. The maximum absolute atomic E-state index is 12.6. The molecule has 2 aromatic rings. The number of hydrogen-bond donors (Lipinski definition) is 1. The summed E-state index contributed by atoms with van der Waals surface area (Å²) in [5.74, 6) is 0.0610. The molecule has 0 aliphatic carbocycles. The number of ether oxygens (including phenoxy) is 1. The van der Waals surface area contributed by atoms with E-state index in [1.54, 1.807) is 24.3 Å². The Bertz CT molecular complexity index is 1120. The minimum atomic E-state index is -4.08. The van der Waals surface area contributed by atoms with Gasteiger partial charge in [-0.2, -0.15) is 0 Å². The second-order valence-electron chi connectivity index (χ2n) is 7.32. The van der Waals surface area contributed by atoms with E-state index in [9.17, 15) is 18.0 Å². The number of nitrogens with zero attached hydrogens (tertiary/aromatic N) is 1. The van der Waals surface area contributed by atoms with Crippen molar-refractivity contribution in [3.63, 3.8) is 0 Å². The number of carbonyl (C=O) groups is 2. The third kappa shape index (κ3) is 3.92. The standard InChI is InChI=1S/C20H18Cl2N2O5S/c21-14-5-3-6-15(22)19(14)30(27,28)23-11-18(26)24-9-8-20(12-24)10-16(25)13-4-1-2-7-17(13)29-20/h1-7,23H,8-12H2. The minimum absolute atomic E-state index is 0.0276. The first-order valence-electron chi connectivity index (χ1n) is 9.23. The molecule has 158 valence electrons. The van der Waals surface area contributed by atoms with Crippen molar-refractivity contribution in [2.75, 3.05) is 19.6 Å². The highest BCUT2D eigenvalue weighted by Crippen LogP contribution is 2.38. The first-order valence-corrected chi connectivity index (χ1v) is 11.5. The summed E-state index contributed by atoms with van der Waals surface area (Å²) >= 11 is 11.9. The van der Waals surface area contributed by atoms with Crippen LogP contribution in [0.5, 0.6) is 5.75 Å². The molecule has 1 unspecified atom stereocenters. The minimum Gasteiger partial charge on any atom is -0.484 e. The number of amides is 1. The maximum Gasteiger partial charge on any atom is 0.244 e. The summed E-state index contributed by atoms with van der Waals surface area (Å²) in [6, 6.07) is 11.4. The molecule has 1 atom stereocenters. The van der Waals surface area contributed by atoms with Gasteiger partial charge in [0.05, 0.1) is 35.1 Å². The van der Waals surface area contributed by atoms with Crippen LogP contribution in [0.15, 0.2) is 47.4 Å². The average Bonchev–Trinajstić information content (AvgIpc) is 3.09. The fourth-order valence-corrected chi connectivity index (χ4v) is 5.92. The molecule has 4 rings (SSSR count). The summed E-state index contributed by atoms with van der Waals surface area (Å²) in [4.78, 5) is 26.4. The zero-order chi connectivity index (χ0) is 21.5. The van der Waals surface area contributed by atoms with E-state index in [1.165, 1.54) is 23.1 Å². The molecule has 30 heavy (non-hydrogen) atoms. The van der Waals surface area contributed by atoms with Gasteiger partial charge in [-0.3, -0.25) is 9.59 Å². The number of rotatable bonds is 4. The molecule has 1 amide bonds. The lowest BCUT2D eigenvalue weighted by Crippen LogP contribution is -2.46. The zero-order valence-corrected chi connectivity index (χ0v) is 18.1. The van der Waals surface area contributed by atoms with Crippen molar-refractivity contribution in [3.8, 4) is 5.75 Å². The Hall–Kier alpha value is -2.13. The smallest absolute Gasteiger partial charge is 0.244 e. The van der Waals surface area contributed by atoms with Gasteiger partial charge >= 0.3 is 0 Å². The Kier molecular flexibility index (Phi) is 5.52. The number of halogens is 2. The number of benzene rings is 2. The fraction of sp³-hybridized carbons (Fsp3) is 0.300. The van der Waals surface area contributed by atoms with Gasteiger partial charge < -0.3 is 9.64 Å². The molecule has 2 aliphatic rings. The molecule has 1 fully saturated rings. The second-order valence-corrected chi connectivity index (χ2v) is 9.84. The van der Waals surface area contributed by atoms with Crippen LogP contribution in [-0.2, 0) is 14.8 Å². The third-order valence-corrected chi connectivity index (χ3v) is 7.62. The normalized spacial score (nSPS) is 20.9. The molecule has 0 aromatic heterocycles. The van der Waals surface area contributed by atoms with Gasteiger partial charge in [-0.15, -0.1) is 0 Å². The van der Waals surface area contributed by atoms with E-state index in [4.69, 9.17) is 27.9 Å². The zero-order valence-electron chi connectivity index (χ0n) is 15.7. The first-order chi connectivity index (χ1) is 14.2. The van der Waals surface area contributed by atoms with E-state index in [2.05, 4.69) is 4.72 Å². The van der Waals surface area contributed by atoms with Crippen molar-refractivity contribution in [2.45, 2.75) is 23.3 Å². The van der Waals surface area contributed by atoms with E-state index < -0.39 is 28.1 Å². The Morgan fingerprint density at radius 1 is 1.13 bits per heavy atom. The molecular weight excluding hydrogens is 451 g/mol. The fourth-order valence-electron chi connectivity index (χ4n) is 3.81. The lowest BCUT2D eigenvalue weighted by atomic mass is 9.89. The lowest BCUT2D eigenvalue weighted by Gasteiger charge is -2.34. The van der Waals surface area contributed by atoms with E-state index in [-0.39, 0.29) is 33.7 Å². The molecule has 0 radical (unpaired) electrons. The van der Waals surface area contributed by atoms with Crippen LogP contribution in [0.1, 0.15) is 23.2 Å². The highest BCUT2D eigenvalue weighted by Gasteiger charge is 2.46.